The average molecular weight is 265 g/mol. The lowest BCUT2D eigenvalue weighted by Gasteiger charge is -2.16. The van der Waals surface area contributed by atoms with Gasteiger partial charge < -0.3 is 20.6 Å². The van der Waals surface area contributed by atoms with Gasteiger partial charge in [-0.2, -0.15) is 0 Å². The van der Waals surface area contributed by atoms with Crippen LogP contribution >= 0.6 is 0 Å². The zero-order chi connectivity index (χ0) is 14.3. The molecule has 0 radical (unpaired) electrons. The molecule has 0 aromatic heterocycles. The van der Waals surface area contributed by atoms with Crippen LogP contribution in [0.25, 0.3) is 0 Å². The van der Waals surface area contributed by atoms with Gasteiger partial charge in [0.05, 0.1) is 6.10 Å². The highest BCUT2D eigenvalue weighted by Gasteiger charge is 2.15. The van der Waals surface area contributed by atoms with E-state index < -0.39 is 17.9 Å². The van der Waals surface area contributed by atoms with Crippen LogP contribution in [0.3, 0.4) is 0 Å². The molecule has 0 bridgehead atoms. The third-order valence-electron chi connectivity index (χ3n) is 2.31. The molecule has 19 heavy (non-hydrogen) atoms. The lowest BCUT2D eigenvalue weighted by atomic mass is 10.3. The largest absolute Gasteiger partial charge is 0.390 e. The number of likely N-dealkylation sites (N-methyl/N-ethyl adjacent to an activating group) is 1. The fourth-order valence-corrected chi connectivity index (χ4v) is 1.49. The number of benzene rings is 1. The molecule has 0 aliphatic carbocycles. The summed E-state index contributed by atoms with van der Waals surface area (Å²) in [7, 11) is 3.63. The first-order valence-electron chi connectivity index (χ1n) is 5.96. The summed E-state index contributed by atoms with van der Waals surface area (Å²) in [5, 5.41) is 14.4. The summed E-state index contributed by atoms with van der Waals surface area (Å²) in [5.74, 6) is -1.51. The summed E-state index contributed by atoms with van der Waals surface area (Å²) in [4.78, 5) is 24.8. The van der Waals surface area contributed by atoms with Crippen molar-refractivity contribution in [3.63, 3.8) is 0 Å². The zero-order valence-corrected chi connectivity index (χ0v) is 11.1. The number of para-hydroxylation sites is 1. The number of amides is 2. The maximum Gasteiger partial charge on any atom is 0.313 e. The van der Waals surface area contributed by atoms with E-state index in [-0.39, 0.29) is 6.54 Å². The highest BCUT2D eigenvalue weighted by molar-refractivity contribution is 6.39. The molecular formula is C13H19N3O3. The van der Waals surface area contributed by atoms with Gasteiger partial charge in [0.15, 0.2) is 0 Å². The van der Waals surface area contributed by atoms with E-state index in [4.69, 9.17) is 0 Å². The number of rotatable bonds is 5. The molecule has 104 valence electrons. The van der Waals surface area contributed by atoms with Gasteiger partial charge >= 0.3 is 11.8 Å². The second-order valence-corrected chi connectivity index (χ2v) is 4.45. The summed E-state index contributed by atoms with van der Waals surface area (Å²) in [6, 6.07) is 8.70. The molecule has 0 fully saturated rings. The van der Waals surface area contributed by atoms with Gasteiger partial charge in [0.1, 0.15) is 0 Å². The van der Waals surface area contributed by atoms with E-state index in [1.807, 2.05) is 20.2 Å². The summed E-state index contributed by atoms with van der Waals surface area (Å²) < 4.78 is 0. The van der Waals surface area contributed by atoms with Crippen molar-refractivity contribution in [2.45, 2.75) is 6.10 Å². The van der Waals surface area contributed by atoms with Crippen LogP contribution in [0.1, 0.15) is 0 Å². The number of hydrogen-bond acceptors (Lipinski definition) is 4. The van der Waals surface area contributed by atoms with Crippen LogP contribution in [0.5, 0.6) is 0 Å². The Kier molecular flexibility index (Phi) is 5.98. The minimum absolute atomic E-state index is 0.0409. The van der Waals surface area contributed by atoms with E-state index in [1.165, 1.54) is 0 Å². The number of carbonyl (C=O) groups is 2. The zero-order valence-electron chi connectivity index (χ0n) is 11.1. The van der Waals surface area contributed by atoms with Crippen molar-refractivity contribution in [3.05, 3.63) is 30.3 Å². The Morgan fingerprint density at radius 1 is 1.21 bits per heavy atom. The van der Waals surface area contributed by atoms with E-state index in [1.54, 1.807) is 29.2 Å². The molecule has 2 amide bonds. The first-order valence-corrected chi connectivity index (χ1v) is 5.96. The minimum Gasteiger partial charge on any atom is -0.390 e. The Morgan fingerprint density at radius 3 is 2.42 bits per heavy atom. The van der Waals surface area contributed by atoms with E-state index in [0.29, 0.717) is 12.2 Å². The van der Waals surface area contributed by atoms with Crippen LogP contribution in [0, 0.1) is 0 Å². The summed E-state index contributed by atoms with van der Waals surface area (Å²) >= 11 is 0. The first kappa shape index (κ1) is 15.1. The number of carbonyl (C=O) groups excluding carboxylic acids is 2. The number of aliphatic hydroxyl groups is 1. The van der Waals surface area contributed by atoms with Gasteiger partial charge in [-0.25, -0.2) is 0 Å². The fourth-order valence-electron chi connectivity index (χ4n) is 1.49. The second kappa shape index (κ2) is 7.50. The van der Waals surface area contributed by atoms with Crippen LogP contribution in [0.2, 0.25) is 0 Å². The molecule has 0 aliphatic rings. The maximum atomic E-state index is 11.5. The predicted molar refractivity (Wildman–Crippen MR) is 72.6 cm³/mol. The summed E-state index contributed by atoms with van der Waals surface area (Å²) in [6.45, 7) is 0.458. The van der Waals surface area contributed by atoms with E-state index in [9.17, 15) is 14.7 Å². The molecule has 1 rings (SSSR count). The van der Waals surface area contributed by atoms with E-state index in [0.717, 1.165) is 0 Å². The van der Waals surface area contributed by atoms with Gasteiger partial charge in [-0.05, 0) is 26.2 Å². The van der Waals surface area contributed by atoms with Gasteiger partial charge in [0, 0.05) is 18.8 Å². The molecule has 3 N–H and O–H groups in total. The molecule has 6 nitrogen and oxygen atoms in total. The number of nitrogens with zero attached hydrogens (tertiary/aromatic N) is 1. The molecule has 0 saturated heterocycles. The lowest BCUT2D eigenvalue weighted by molar-refractivity contribution is -0.136. The molecule has 1 aromatic rings. The monoisotopic (exact) mass is 265 g/mol. The van der Waals surface area contributed by atoms with Gasteiger partial charge in [-0.1, -0.05) is 18.2 Å². The Bertz CT molecular complexity index is 420. The average Bonchev–Trinajstić information content (AvgIpc) is 2.36. The third kappa shape index (κ3) is 5.98. The van der Waals surface area contributed by atoms with Crippen LogP contribution in [-0.2, 0) is 9.59 Å². The van der Waals surface area contributed by atoms with Crippen LogP contribution in [-0.4, -0.2) is 55.1 Å². The summed E-state index contributed by atoms with van der Waals surface area (Å²) in [5.41, 5.74) is 0.552. The fraction of sp³-hybridized carbons (Fsp3) is 0.385. The smallest absolute Gasteiger partial charge is 0.313 e. The van der Waals surface area contributed by atoms with E-state index in [2.05, 4.69) is 10.6 Å². The number of hydrogen-bond donors (Lipinski definition) is 3. The van der Waals surface area contributed by atoms with Gasteiger partial charge in [-0.15, -0.1) is 0 Å². The third-order valence-corrected chi connectivity index (χ3v) is 2.31. The Morgan fingerprint density at radius 2 is 1.84 bits per heavy atom. The molecule has 0 saturated carbocycles. The first-order chi connectivity index (χ1) is 8.99. The molecule has 6 heteroatoms. The van der Waals surface area contributed by atoms with Crippen molar-refractivity contribution in [1.82, 2.24) is 10.2 Å². The van der Waals surface area contributed by atoms with Crippen molar-refractivity contribution in [2.24, 2.45) is 0 Å². The molecule has 0 heterocycles. The van der Waals surface area contributed by atoms with Gasteiger partial charge in [0.2, 0.25) is 0 Å². The highest BCUT2D eigenvalue weighted by atomic mass is 16.3. The number of aliphatic hydroxyl groups excluding tert-OH is 1. The van der Waals surface area contributed by atoms with Crippen molar-refractivity contribution < 1.29 is 14.7 Å². The van der Waals surface area contributed by atoms with Crippen LogP contribution < -0.4 is 10.6 Å². The van der Waals surface area contributed by atoms with E-state index >= 15 is 0 Å². The number of nitrogens with one attached hydrogen (secondary N) is 2. The van der Waals surface area contributed by atoms with Gasteiger partial charge in [-0.3, -0.25) is 9.59 Å². The second-order valence-electron chi connectivity index (χ2n) is 4.45. The van der Waals surface area contributed by atoms with Crippen molar-refractivity contribution >= 4 is 17.5 Å². The predicted octanol–water partition coefficient (Wildman–Crippen LogP) is -0.336. The number of anilines is 1. The van der Waals surface area contributed by atoms with Crippen molar-refractivity contribution in [2.75, 3.05) is 32.5 Å². The Balaban J connectivity index is 2.35. The SMILES string of the molecule is CN(C)CC(O)CNC(=O)C(=O)Nc1ccccc1. The summed E-state index contributed by atoms with van der Waals surface area (Å²) in [6.07, 6.45) is -0.705. The highest BCUT2D eigenvalue weighted by Crippen LogP contribution is 2.04. The molecule has 0 spiro atoms. The molecule has 1 aromatic carbocycles. The topological polar surface area (TPSA) is 81.7 Å². The Labute approximate surface area is 112 Å². The van der Waals surface area contributed by atoms with Crippen LogP contribution in [0.15, 0.2) is 30.3 Å². The molecular weight excluding hydrogens is 246 g/mol. The molecule has 1 atom stereocenters. The quantitative estimate of drug-likeness (QED) is 0.636. The lowest BCUT2D eigenvalue weighted by Crippen LogP contribution is -2.42. The van der Waals surface area contributed by atoms with Crippen molar-refractivity contribution in [3.8, 4) is 0 Å². The molecule has 1 unspecified atom stereocenters. The normalized spacial score (nSPS) is 12.0. The van der Waals surface area contributed by atoms with Crippen LogP contribution in [0.4, 0.5) is 5.69 Å². The minimum atomic E-state index is -0.762. The standard InChI is InChI=1S/C13H19N3O3/c1-16(2)9-11(17)8-14-12(18)13(19)15-10-6-4-3-5-7-10/h3-7,11,17H,8-9H2,1-2H3,(H,14,18)(H,15,19). The van der Waals surface area contributed by atoms with Gasteiger partial charge in [0.25, 0.3) is 0 Å². The molecule has 0 aliphatic heterocycles. The Hall–Kier alpha value is -1.92. The maximum absolute atomic E-state index is 11.5. The van der Waals surface area contributed by atoms with Crippen molar-refractivity contribution in [1.29, 1.82) is 0 Å².